The van der Waals surface area contributed by atoms with Gasteiger partial charge in [-0.25, -0.2) is 9.18 Å². The lowest BCUT2D eigenvalue weighted by Gasteiger charge is -2.18. The summed E-state index contributed by atoms with van der Waals surface area (Å²) in [6, 6.07) is 2.57. The molecule has 2 aliphatic heterocycles. The monoisotopic (exact) mass is 420 g/mol. The molecule has 136 valence electrons. The first-order valence-corrected chi connectivity index (χ1v) is 9.26. The van der Waals surface area contributed by atoms with Crippen LogP contribution in [0.5, 0.6) is 0 Å². The van der Waals surface area contributed by atoms with Crippen LogP contribution in [0, 0.1) is 5.82 Å². The Kier molecular flexibility index (Phi) is 4.22. The molecule has 1 fully saturated rings. The Balaban J connectivity index is 1.85. The maximum Gasteiger partial charge on any atom is 0.337 e. The summed E-state index contributed by atoms with van der Waals surface area (Å²) in [5.74, 6) is -0.142. The first kappa shape index (κ1) is 17.1. The fraction of sp³-hybridized carbons (Fsp3) is 0.333. The summed E-state index contributed by atoms with van der Waals surface area (Å²) in [5, 5.41) is 8.18. The van der Waals surface area contributed by atoms with E-state index >= 15 is 0 Å². The molecule has 2 aromatic rings. The first-order chi connectivity index (χ1) is 12.5. The highest BCUT2D eigenvalue weighted by Gasteiger charge is 2.38. The Labute approximate surface area is 158 Å². The minimum absolute atomic E-state index is 0.208. The van der Waals surface area contributed by atoms with E-state index in [0.717, 1.165) is 30.9 Å². The van der Waals surface area contributed by atoms with Gasteiger partial charge in [-0.15, -0.1) is 0 Å². The van der Waals surface area contributed by atoms with Gasteiger partial charge in [0.15, 0.2) is 11.9 Å². The van der Waals surface area contributed by atoms with E-state index in [0.29, 0.717) is 15.6 Å². The van der Waals surface area contributed by atoms with Crippen molar-refractivity contribution < 1.29 is 13.9 Å². The van der Waals surface area contributed by atoms with Crippen molar-refractivity contribution in [2.45, 2.75) is 25.8 Å². The fourth-order valence-electron chi connectivity index (χ4n) is 3.53. The van der Waals surface area contributed by atoms with Gasteiger partial charge in [0.1, 0.15) is 11.3 Å². The highest BCUT2D eigenvalue weighted by Crippen LogP contribution is 2.37. The summed E-state index contributed by atoms with van der Waals surface area (Å²) in [6.45, 7) is 6.90. The van der Waals surface area contributed by atoms with Crippen LogP contribution in [-0.4, -0.2) is 33.8 Å². The summed E-state index contributed by atoms with van der Waals surface area (Å²) >= 11 is 3.17. The van der Waals surface area contributed by atoms with Crippen LogP contribution in [0.4, 0.5) is 4.39 Å². The molecule has 1 aromatic heterocycles. The first-order valence-electron chi connectivity index (χ1n) is 8.47. The predicted molar refractivity (Wildman–Crippen MR) is 98.3 cm³/mol. The van der Waals surface area contributed by atoms with Crippen molar-refractivity contribution in [2.75, 3.05) is 13.2 Å². The number of rotatable bonds is 4. The average Bonchev–Trinajstić information content (AvgIpc) is 3.30. The number of allylic oxidation sites excluding steroid dienone is 1. The number of benzene rings is 1. The summed E-state index contributed by atoms with van der Waals surface area (Å²) in [6.07, 6.45) is 3.51. The lowest BCUT2D eigenvalue weighted by atomic mass is 10.1. The van der Waals surface area contributed by atoms with Gasteiger partial charge in [0, 0.05) is 23.8 Å². The van der Waals surface area contributed by atoms with Crippen molar-refractivity contribution >= 4 is 32.8 Å². The van der Waals surface area contributed by atoms with Crippen LogP contribution in [0.3, 0.4) is 0 Å². The number of hydrogen-bond donors (Lipinski definition) is 1. The zero-order valence-electron chi connectivity index (χ0n) is 14.3. The number of fused-ring (bicyclic) bond motifs is 2. The number of carbonyl (C=O) groups excluding carboxylic acids is 1. The van der Waals surface area contributed by atoms with E-state index in [2.05, 4.69) is 37.8 Å². The lowest BCUT2D eigenvalue weighted by molar-refractivity contribution is -0.146. The van der Waals surface area contributed by atoms with E-state index in [1.165, 1.54) is 4.68 Å². The van der Waals surface area contributed by atoms with Crippen LogP contribution >= 0.6 is 15.9 Å². The number of esters is 1. The summed E-state index contributed by atoms with van der Waals surface area (Å²) in [4.78, 5) is 14.8. The predicted octanol–water partition coefficient (Wildman–Crippen LogP) is 3.42. The van der Waals surface area contributed by atoms with Crippen LogP contribution < -0.4 is 5.32 Å². The molecule has 26 heavy (non-hydrogen) atoms. The molecule has 0 aliphatic carbocycles. The minimum Gasteiger partial charge on any atom is -0.464 e. The van der Waals surface area contributed by atoms with E-state index in [1.54, 1.807) is 25.3 Å². The van der Waals surface area contributed by atoms with Crippen molar-refractivity contribution in [1.82, 2.24) is 20.0 Å². The third-order valence-electron chi connectivity index (χ3n) is 4.67. The fourth-order valence-corrected chi connectivity index (χ4v) is 3.85. The summed E-state index contributed by atoms with van der Waals surface area (Å²) < 4.78 is 21.5. The van der Waals surface area contributed by atoms with Gasteiger partial charge in [0.2, 0.25) is 0 Å². The molecule has 2 aliphatic rings. The van der Waals surface area contributed by atoms with Gasteiger partial charge in [-0.05, 0) is 47.8 Å². The molecule has 0 bridgehead atoms. The molecule has 0 spiro atoms. The molecule has 0 amide bonds. The molecule has 1 saturated heterocycles. The number of aromatic nitrogens is 2. The highest BCUT2D eigenvalue weighted by molar-refractivity contribution is 9.10. The van der Waals surface area contributed by atoms with Crippen molar-refractivity contribution in [2.24, 2.45) is 0 Å². The molecule has 3 heterocycles. The Bertz CT molecular complexity index is 952. The molecule has 4 rings (SSSR count). The number of nitrogens with one attached hydrogen (secondary N) is 1. The van der Waals surface area contributed by atoms with Gasteiger partial charge >= 0.3 is 5.97 Å². The molecular formula is C18H18BrFN4O2. The van der Waals surface area contributed by atoms with Gasteiger partial charge in [-0.1, -0.05) is 6.58 Å². The van der Waals surface area contributed by atoms with Gasteiger partial charge in [0.05, 0.1) is 16.8 Å². The number of hydrogen-bond acceptors (Lipinski definition) is 5. The van der Waals surface area contributed by atoms with Crippen molar-refractivity contribution in [3.05, 3.63) is 52.4 Å². The quantitative estimate of drug-likeness (QED) is 0.767. The molecule has 8 heteroatoms. The van der Waals surface area contributed by atoms with Crippen molar-refractivity contribution in [1.29, 1.82) is 0 Å². The van der Waals surface area contributed by atoms with Crippen molar-refractivity contribution in [3.8, 4) is 0 Å². The Hall–Kier alpha value is -2.35. The Morgan fingerprint density at radius 3 is 3.12 bits per heavy atom. The van der Waals surface area contributed by atoms with Crippen LogP contribution in [-0.2, 0) is 9.53 Å². The summed E-state index contributed by atoms with van der Waals surface area (Å²) in [5.41, 5.74) is 1.94. The van der Waals surface area contributed by atoms with Gasteiger partial charge < -0.3 is 15.0 Å². The minimum atomic E-state index is -0.810. The second-order valence-corrected chi connectivity index (χ2v) is 7.10. The van der Waals surface area contributed by atoms with Gasteiger partial charge in [-0.3, -0.25) is 4.68 Å². The standard InChI is InChI=1S/C18H18BrFN4O2/c1-3-26-18(25)17(16-13-5-4-8-23(13)10(2)21-16)24-9-11-6-7-12(19)14(20)15(11)22-24/h6-7,9,17,21H,2-5,8H2,1H3. The van der Waals surface area contributed by atoms with E-state index < -0.39 is 17.8 Å². The average molecular weight is 421 g/mol. The zero-order chi connectivity index (χ0) is 18.4. The molecular weight excluding hydrogens is 403 g/mol. The zero-order valence-corrected chi connectivity index (χ0v) is 15.8. The van der Waals surface area contributed by atoms with E-state index in [-0.39, 0.29) is 12.1 Å². The smallest absolute Gasteiger partial charge is 0.337 e. The normalized spacial score (nSPS) is 17.7. The SMILES string of the molecule is C=C1NC(C(C(=O)OCC)n2cc3ccc(Br)c(F)c3n2)=C2CCCN12. The molecule has 6 nitrogen and oxygen atoms in total. The highest BCUT2D eigenvalue weighted by atomic mass is 79.9. The maximum atomic E-state index is 14.4. The maximum absolute atomic E-state index is 14.4. The molecule has 1 atom stereocenters. The molecule has 1 N–H and O–H groups in total. The number of carbonyl (C=O) groups is 1. The number of nitrogens with zero attached hydrogens (tertiary/aromatic N) is 3. The third-order valence-corrected chi connectivity index (χ3v) is 5.28. The van der Waals surface area contributed by atoms with Crippen LogP contribution in [0.1, 0.15) is 25.8 Å². The lowest BCUT2D eigenvalue weighted by Crippen LogP contribution is -2.29. The van der Waals surface area contributed by atoms with Crippen molar-refractivity contribution in [3.63, 3.8) is 0 Å². The molecule has 1 unspecified atom stereocenters. The third kappa shape index (κ3) is 2.59. The topological polar surface area (TPSA) is 59.4 Å². The van der Waals surface area contributed by atoms with E-state index in [4.69, 9.17) is 4.74 Å². The van der Waals surface area contributed by atoms with Crippen LogP contribution in [0.2, 0.25) is 0 Å². The molecule has 1 aromatic carbocycles. The Morgan fingerprint density at radius 2 is 2.35 bits per heavy atom. The van der Waals surface area contributed by atoms with Crippen LogP contribution in [0.25, 0.3) is 10.9 Å². The van der Waals surface area contributed by atoms with E-state index in [1.807, 2.05) is 0 Å². The van der Waals surface area contributed by atoms with Crippen LogP contribution in [0.15, 0.2) is 46.6 Å². The number of ether oxygens (including phenoxy) is 1. The second kappa shape index (κ2) is 6.42. The summed E-state index contributed by atoms with van der Waals surface area (Å²) in [7, 11) is 0. The molecule has 0 radical (unpaired) electrons. The Morgan fingerprint density at radius 1 is 1.54 bits per heavy atom. The van der Waals surface area contributed by atoms with E-state index in [9.17, 15) is 9.18 Å². The second-order valence-electron chi connectivity index (χ2n) is 6.25. The van der Waals surface area contributed by atoms with Gasteiger partial charge in [-0.2, -0.15) is 5.10 Å². The molecule has 0 saturated carbocycles. The van der Waals surface area contributed by atoms with Gasteiger partial charge in [0.25, 0.3) is 0 Å². The number of halogens is 2. The largest absolute Gasteiger partial charge is 0.464 e.